The topological polar surface area (TPSA) is 29.5 Å². The fraction of sp³-hybridized carbons (Fsp3) is 0.333. The van der Waals surface area contributed by atoms with Crippen molar-refractivity contribution in [2.24, 2.45) is 0 Å². The zero-order chi connectivity index (χ0) is 10.8. The van der Waals surface area contributed by atoms with E-state index in [2.05, 4.69) is 15.9 Å². The quantitative estimate of drug-likeness (QED) is 0.894. The van der Waals surface area contributed by atoms with Crippen molar-refractivity contribution < 1.29 is 9.84 Å². The van der Waals surface area contributed by atoms with E-state index in [0.717, 1.165) is 22.0 Å². The van der Waals surface area contributed by atoms with E-state index in [1.165, 1.54) is 0 Å². The van der Waals surface area contributed by atoms with Gasteiger partial charge in [0.25, 0.3) is 0 Å². The molecule has 1 N–H and O–H groups in total. The van der Waals surface area contributed by atoms with Crippen LogP contribution in [0.15, 0.2) is 34.5 Å². The zero-order valence-electron chi connectivity index (χ0n) is 8.53. The number of ether oxygens (including phenoxy) is 1. The third kappa shape index (κ3) is 2.08. The number of hydrogen-bond acceptors (Lipinski definition) is 2. The summed E-state index contributed by atoms with van der Waals surface area (Å²) in [7, 11) is 0. The Kier molecular flexibility index (Phi) is 3.12. The molecule has 1 aliphatic rings. The Balaban J connectivity index is 2.32. The molecule has 15 heavy (non-hydrogen) atoms. The molecule has 1 heterocycles. The second-order valence-corrected chi connectivity index (χ2v) is 4.45. The van der Waals surface area contributed by atoms with Gasteiger partial charge in [0.15, 0.2) is 0 Å². The van der Waals surface area contributed by atoms with E-state index in [4.69, 9.17) is 4.74 Å². The van der Waals surface area contributed by atoms with Crippen LogP contribution in [0.25, 0.3) is 0 Å². The van der Waals surface area contributed by atoms with Crippen LogP contribution in [0.2, 0.25) is 0 Å². The average molecular weight is 269 g/mol. The van der Waals surface area contributed by atoms with Crippen LogP contribution < -0.4 is 0 Å². The molecular formula is C12H13BrO2. The summed E-state index contributed by atoms with van der Waals surface area (Å²) >= 11 is 3.45. The molecule has 80 valence electrons. The molecule has 1 atom stereocenters. The minimum Gasteiger partial charge on any atom is -0.495 e. The number of aliphatic hydroxyl groups excluding tert-OH is 1. The van der Waals surface area contributed by atoms with Gasteiger partial charge < -0.3 is 9.84 Å². The molecule has 1 aromatic carbocycles. The number of aliphatic hydroxyl groups is 1. The Morgan fingerprint density at radius 1 is 1.47 bits per heavy atom. The molecule has 1 unspecified atom stereocenters. The van der Waals surface area contributed by atoms with Gasteiger partial charge in [-0.1, -0.05) is 28.1 Å². The van der Waals surface area contributed by atoms with Crippen molar-refractivity contribution in [1.29, 1.82) is 0 Å². The van der Waals surface area contributed by atoms with Crippen molar-refractivity contribution in [3.63, 3.8) is 0 Å². The van der Waals surface area contributed by atoms with Gasteiger partial charge in [-0.2, -0.15) is 0 Å². The van der Waals surface area contributed by atoms with E-state index in [1.807, 2.05) is 31.2 Å². The molecule has 2 nitrogen and oxygen atoms in total. The lowest BCUT2D eigenvalue weighted by molar-refractivity contribution is 0.118. The highest BCUT2D eigenvalue weighted by Gasteiger charge is 2.20. The number of benzene rings is 1. The molecule has 0 saturated heterocycles. The monoisotopic (exact) mass is 268 g/mol. The summed E-state index contributed by atoms with van der Waals surface area (Å²) in [5.74, 6) is 0.677. The van der Waals surface area contributed by atoms with Gasteiger partial charge in [0.1, 0.15) is 11.9 Å². The molecule has 1 aliphatic heterocycles. The summed E-state index contributed by atoms with van der Waals surface area (Å²) in [5, 5.41) is 10.1. The highest BCUT2D eigenvalue weighted by atomic mass is 79.9. The van der Waals surface area contributed by atoms with Gasteiger partial charge in [0.2, 0.25) is 0 Å². The predicted molar refractivity (Wildman–Crippen MR) is 62.5 cm³/mol. The Morgan fingerprint density at radius 3 is 2.93 bits per heavy atom. The van der Waals surface area contributed by atoms with Crippen LogP contribution >= 0.6 is 15.9 Å². The molecule has 0 radical (unpaired) electrons. The van der Waals surface area contributed by atoms with Crippen molar-refractivity contribution in [1.82, 2.24) is 0 Å². The summed E-state index contributed by atoms with van der Waals surface area (Å²) < 4.78 is 6.37. The first-order chi connectivity index (χ1) is 7.20. The van der Waals surface area contributed by atoms with E-state index >= 15 is 0 Å². The fourth-order valence-corrected chi connectivity index (χ4v) is 2.08. The molecule has 2 rings (SSSR count). The number of halogens is 1. The lowest BCUT2D eigenvalue weighted by Gasteiger charge is -2.15. The smallest absolute Gasteiger partial charge is 0.136 e. The third-order valence-electron chi connectivity index (χ3n) is 2.61. The molecule has 1 aromatic rings. The van der Waals surface area contributed by atoms with Crippen LogP contribution in [0.3, 0.4) is 0 Å². The first kappa shape index (κ1) is 10.7. The summed E-state index contributed by atoms with van der Waals surface area (Å²) in [6, 6.07) is 5.81. The minimum atomic E-state index is -0.634. The molecular weight excluding hydrogens is 256 g/mol. The fourth-order valence-electron chi connectivity index (χ4n) is 1.70. The van der Waals surface area contributed by atoms with Crippen LogP contribution in [0, 0.1) is 6.92 Å². The molecule has 0 aromatic heterocycles. The van der Waals surface area contributed by atoms with E-state index in [1.54, 1.807) is 0 Å². The minimum absolute atomic E-state index is 0.634. The van der Waals surface area contributed by atoms with E-state index in [-0.39, 0.29) is 0 Å². The lowest BCUT2D eigenvalue weighted by atomic mass is 10.0. The molecule has 0 spiro atoms. The first-order valence-corrected chi connectivity index (χ1v) is 5.75. The molecule has 0 aliphatic carbocycles. The van der Waals surface area contributed by atoms with E-state index in [9.17, 15) is 5.11 Å². The first-order valence-electron chi connectivity index (χ1n) is 4.96. The summed E-state index contributed by atoms with van der Waals surface area (Å²) in [6.45, 7) is 2.66. The van der Waals surface area contributed by atoms with Gasteiger partial charge in [0.05, 0.1) is 6.61 Å². The van der Waals surface area contributed by atoms with Crippen molar-refractivity contribution in [3.05, 3.63) is 45.6 Å². The Morgan fingerprint density at radius 2 is 2.27 bits per heavy atom. The van der Waals surface area contributed by atoms with Gasteiger partial charge in [-0.15, -0.1) is 0 Å². The normalized spacial score (nSPS) is 17.1. The Labute approximate surface area is 97.7 Å². The molecule has 0 amide bonds. The zero-order valence-corrected chi connectivity index (χ0v) is 10.1. The highest BCUT2D eigenvalue weighted by Crippen LogP contribution is 2.31. The van der Waals surface area contributed by atoms with Crippen molar-refractivity contribution in [2.75, 3.05) is 6.61 Å². The predicted octanol–water partition coefficient (Wildman–Crippen LogP) is 3.10. The highest BCUT2D eigenvalue weighted by molar-refractivity contribution is 9.10. The van der Waals surface area contributed by atoms with Gasteiger partial charge >= 0.3 is 0 Å². The summed E-state index contributed by atoms with van der Waals surface area (Å²) in [5.41, 5.74) is 1.96. The SMILES string of the molecule is Cc1c(Br)cccc1C(O)C1=CCCO1. The average Bonchev–Trinajstić information content (AvgIpc) is 2.74. The van der Waals surface area contributed by atoms with Crippen LogP contribution in [-0.2, 0) is 4.74 Å². The molecule has 3 heteroatoms. The van der Waals surface area contributed by atoms with Crippen LogP contribution in [0.5, 0.6) is 0 Å². The number of rotatable bonds is 2. The maximum atomic E-state index is 10.1. The van der Waals surface area contributed by atoms with Crippen LogP contribution in [0.1, 0.15) is 23.7 Å². The summed E-state index contributed by atoms with van der Waals surface area (Å²) in [6.07, 6.45) is 2.20. The third-order valence-corrected chi connectivity index (χ3v) is 3.46. The number of hydrogen-bond donors (Lipinski definition) is 1. The van der Waals surface area contributed by atoms with Gasteiger partial charge in [-0.3, -0.25) is 0 Å². The lowest BCUT2D eigenvalue weighted by Crippen LogP contribution is -2.04. The van der Waals surface area contributed by atoms with Crippen LogP contribution in [0.4, 0.5) is 0 Å². The second kappa shape index (κ2) is 4.37. The van der Waals surface area contributed by atoms with Crippen molar-refractivity contribution in [2.45, 2.75) is 19.4 Å². The maximum absolute atomic E-state index is 10.1. The standard InChI is InChI=1S/C12H13BrO2/c1-8-9(4-2-5-10(8)13)12(14)11-6-3-7-15-11/h2,4-6,12,14H,3,7H2,1H3. The molecule has 0 bridgehead atoms. The van der Waals surface area contributed by atoms with E-state index < -0.39 is 6.10 Å². The van der Waals surface area contributed by atoms with Crippen molar-refractivity contribution >= 4 is 15.9 Å². The molecule has 0 fully saturated rings. The Bertz CT molecular complexity index is 399. The largest absolute Gasteiger partial charge is 0.495 e. The van der Waals surface area contributed by atoms with Crippen LogP contribution in [-0.4, -0.2) is 11.7 Å². The van der Waals surface area contributed by atoms with Gasteiger partial charge in [-0.05, 0) is 30.2 Å². The van der Waals surface area contributed by atoms with Gasteiger partial charge in [-0.25, -0.2) is 0 Å². The maximum Gasteiger partial charge on any atom is 0.136 e. The molecule has 0 saturated carbocycles. The van der Waals surface area contributed by atoms with Gasteiger partial charge in [0, 0.05) is 10.9 Å². The second-order valence-electron chi connectivity index (χ2n) is 3.60. The van der Waals surface area contributed by atoms with E-state index in [0.29, 0.717) is 12.4 Å². The van der Waals surface area contributed by atoms with Crippen molar-refractivity contribution in [3.8, 4) is 0 Å². The summed E-state index contributed by atoms with van der Waals surface area (Å²) in [4.78, 5) is 0. The Hall–Kier alpha value is -0.800.